The lowest BCUT2D eigenvalue weighted by Crippen LogP contribution is -2.33. The van der Waals surface area contributed by atoms with E-state index >= 15 is 0 Å². The molecule has 2 fully saturated rings. The molecular weight excluding hydrogens is 282 g/mol. The Morgan fingerprint density at radius 2 is 2.14 bits per heavy atom. The standard InChI is InChI=1S/C17H21NO4/c1-22-15-8-11(3-5-13(15)17(20)21)9-18-16(19)14-7-10-2-4-12(14)6-10/h3,5,8,10,12,14H,2,4,6-7,9H2,1H3,(H,18,19)(H,20,21). The van der Waals surface area contributed by atoms with Gasteiger partial charge in [-0.25, -0.2) is 4.79 Å². The Hall–Kier alpha value is -2.04. The van der Waals surface area contributed by atoms with Gasteiger partial charge in [0.15, 0.2) is 0 Å². The van der Waals surface area contributed by atoms with Crippen LogP contribution >= 0.6 is 0 Å². The number of carboxylic acid groups (broad SMARTS) is 1. The van der Waals surface area contributed by atoms with Crippen molar-refractivity contribution in [3.8, 4) is 5.75 Å². The maximum Gasteiger partial charge on any atom is 0.339 e. The van der Waals surface area contributed by atoms with Crippen LogP contribution in [0.15, 0.2) is 18.2 Å². The van der Waals surface area contributed by atoms with Crippen molar-refractivity contribution in [2.45, 2.75) is 32.2 Å². The number of amides is 1. The van der Waals surface area contributed by atoms with E-state index in [0.717, 1.165) is 17.9 Å². The number of hydrogen-bond donors (Lipinski definition) is 2. The summed E-state index contributed by atoms with van der Waals surface area (Å²) in [4.78, 5) is 23.4. The van der Waals surface area contributed by atoms with Crippen LogP contribution in [0, 0.1) is 17.8 Å². The van der Waals surface area contributed by atoms with E-state index in [0.29, 0.717) is 18.2 Å². The number of nitrogens with one attached hydrogen (secondary N) is 1. The van der Waals surface area contributed by atoms with Crippen LogP contribution < -0.4 is 10.1 Å². The second kappa shape index (κ2) is 5.99. The lowest BCUT2D eigenvalue weighted by atomic mass is 9.88. The number of benzene rings is 1. The third-order valence-corrected chi connectivity index (χ3v) is 5.04. The molecule has 0 radical (unpaired) electrons. The van der Waals surface area contributed by atoms with Gasteiger partial charge < -0.3 is 15.2 Å². The van der Waals surface area contributed by atoms with E-state index in [1.54, 1.807) is 12.1 Å². The molecule has 5 heteroatoms. The molecule has 2 saturated carbocycles. The molecule has 3 unspecified atom stereocenters. The maximum absolute atomic E-state index is 12.3. The Morgan fingerprint density at radius 1 is 1.32 bits per heavy atom. The summed E-state index contributed by atoms with van der Waals surface area (Å²) in [6, 6.07) is 4.90. The molecule has 5 nitrogen and oxygen atoms in total. The molecule has 118 valence electrons. The Kier molecular flexibility index (Phi) is 4.05. The maximum atomic E-state index is 12.3. The number of carbonyl (C=O) groups is 2. The van der Waals surface area contributed by atoms with Gasteiger partial charge in [-0.3, -0.25) is 4.79 Å². The third kappa shape index (κ3) is 2.80. The predicted molar refractivity (Wildman–Crippen MR) is 80.7 cm³/mol. The molecule has 3 atom stereocenters. The van der Waals surface area contributed by atoms with Gasteiger partial charge in [0, 0.05) is 12.5 Å². The third-order valence-electron chi connectivity index (χ3n) is 5.04. The molecule has 0 heterocycles. The van der Waals surface area contributed by atoms with E-state index in [1.807, 2.05) is 0 Å². The molecule has 2 bridgehead atoms. The molecule has 1 aromatic rings. The van der Waals surface area contributed by atoms with Crippen LogP contribution in [-0.4, -0.2) is 24.1 Å². The first kappa shape index (κ1) is 14.9. The predicted octanol–water partition coefficient (Wildman–Crippen LogP) is 2.45. The first-order valence-electron chi connectivity index (χ1n) is 7.76. The summed E-state index contributed by atoms with van der Waals surface area (Å²) in [7, 11) is 1.44. The van der Waals surface area contributed by atoms with E-state index in [4.69, 9.17) is 9.84 Å². The van der Waals surface area contributed by atoms with E-state index in [-0.39, 0.29) is 17.4 Å². The first-order chi connectivity index (χ1) is 10.6. The van der Waals surface area contributed by atoms with Crippen molar-refractivity contribution < 1.29 is 19.4 Å². The average Bonchev–Trinajstić information content (AvgIpc) is 3.15. The summed E-state index contributed by atoms with van der Waals surface area (Å²) in [5, 5.41) is 12.0. The molecule has 1 amide bonds. The second-order valence-corrected chi connectivity index (χ2v) is 6.34. The van der Waals surface area contributed by atoms with Crippen molar-refractivity contribution in [2.75, 3.05) is 7.11 Å². The molecule has 0 aliphatic heterocycles. The number of carbonyl (C=O) groups excluding carboxylic acids is 1. The number of methoxy groups -OCH3 is 1. The molecular formula is C17H21NO4. The summed E-state index contributed by atoms with van der Waals surface area (Å²) in [5.74, 6) is 0.908. The van der Waals surface area contributed by atoms with Crippen LogP contribution in [-0.2, 0) is 11.3 Å². The normalized spacial score (nSPS) is 26.0. The van der Waals surface area contributed by atoms with Crippen molar-refractivity contribution in [3.63, 3.8) is 0 Å². The van der Waals surface area contributed by atoms with Gasteiger partial charge in [-0.15, -0.1) is 0 Å². The summed E-state index contributed by atoms with van der Waals surface area (Å²) in [5.41, 5.74) is 0.976. The van der Waals surface area contributed by atoms with Gasteiger partial charge >= 0.3 is 5.97 Å². The number of rotatable bonds is 5. The highest BCUT2D eigenvalue weighted by molar-refractivity contribution is 5.91. The van der Waals surface area contributed by atoms with Crippen molar-refractivity contribution in [2.24, 2.45) is 17.8 Å². The fraction of sp³-hybridized carbons (Fsp3) is 0.529. The smallest absolute Gasteiger partial charge is 0.339 e. The molecule has 1 aromatic carbocycles. The zero-order valence-corrected chi connectivity index (χ0v) is 12.7. The molecule has 0 aromatic heterocycles. The molecule has 3 rings (SSSR count). The Bertz CT molecular complexity index is 598. The molecule has 2 N–H and O–H groups in total. The zero-order chi connectivity index (χ0) is 15.7. The largest absolute Gasteiger partial charge is 0.496 e. The molecule has 0 saturated heterocycles. The van der Waals surface area contributed by atoms with Gasteiger partial charge in [0.05, 0.1) is 7.11 Å². The summed E-state index contributed by atoms with van der Waals surface area (Å²) < 4.78 is 5.10. The number of aromatic carboxylic acids is 1. The second-order valence-electron chi connectivity index (χ2n) is 6.34. The minimum absolute atomic E-state index is 0.130. The summed E-state index contributed by atoms with van der Waals surface area (Å²) in [6.07, 6.45) is 4.70. The fourth-order valence-electron chi connectivity index (χ4n) is 3.91. The Balaban J connectivity index is 1.61. The summed E-state index contributed by atoms with van der Waals surface area (Å²) in [6.45, 7) is 0.406. The van der Waals surface area contributed by atoms with Gasteiger partial charge in [-0.2, -0.15) is 0 Å². The molecule has 2 aliphatic carbocycles. The van der Waals surface area contributed by atoms with Gasteiger partial charge in [0.2, 0.25) is 5.91 Å². The van der Waals surface area contributed by atoms with Gasteiger partial charge in [0.1, 0.15) is 11.3 Å². The highest BCUT2D eigenvalue weighted by Crippen LogP contribution is 2.48. The number of fused-ring (bicyclic) bond motifs is 2. The highest BCUT2D eigenvalue weighted by atomic mass is 16.5. The van der Waals surface area contributed by atoms with E-state index in [2.05, 4.69) is 5.32 Å². The molecule has 2 aliphatic rings. The first-order valence-corrected chi connectivity index (χ1v) is 7.76. The van der Waals surface area contributed by atoms with Crippen molar-refractivity contribution in [3.05, 3.63) is 29.3 Å². The zero-order valence-electron chi connectivity index (χ0n) is 12.7. The quantitative estimate of drug-likeness (QED) is 0.876. The summed E-state index contributed by atoms with van der Waals surface area (Å²) >= 11 is 0. The van der Waals surface area contributed by atoms with E-state index in [1.165, 1.54) is 32.4 Å². The average molecular weight is 303 g/mol. The van der Waals surface area contributed by atoms with Crippen molar-refractivity contribution in [1.82, 2.24) is 5.32 Å². The lowest BCUT2D eigenvalue weighted by molar-refractivity contribution is -0.126. The SMILES string of the molecule is COc1cc(CNC(=O)C2CC3CCC2C3)ccc1C(=O)O. The Morgan fingerprint density at radius 3 is 2.73 bits per heavy atom. The van der Waals surface area contributed by atoms with Crippen molar-refractivity contribution >= 4 is 11.9 Å². The molecule has 0 spiro atoms. The van der Waals surface area contributed by atoms with Crippen LogP contribution in [0.1, 0.15) is 41.6 Å². The fourth-order valence-corrected chi connectivity index (χ4v) is 3.91. The Labute approximate surface area is 129 Å². The number of carboxylic acids is 1. The molecule has 22 heavy (non-hydrogen) atoms. The number of hydrogen-bond acceptors (Lipinski definition) is 3. The highest BCUT2D eigenvalue weighted by Gasteiger charge is 2.42. The topological polar surface area (TPSA) is 75.6 Å². The number of ether oxygens (including phenoxy) is 1. The minimum atomic E-state index is -1.02. The van der Waals surface area contributed by atoms with Crippen LogP contribution in [0.2, 0.25) is 0 Å². The minimum Gasteiger partial charge on any atom is -0.496 e. The van der Waals surface area contributed by atoms with E-state index < -0.39 is 5.97 Å². The van der Waals surface area contributed by atoms with Gasteiger partial charge in [0.25, 0.3) is 0 Å². The van der Waals surface area contributed by atoms with Crippen LogP contribution in [0.4, 0.5) is 0 Å². The lowest BCUT2D eigenvalue weighted by Gasteiger charge is -2.20. The van der Waals surface area contributed by atoms with E-state index in [9.17, 15) is 9.59 Å². The van der Waals surface area contributed by atoms with Gasteiger partial charge in [-0.1, -0.05) is 12.5 Å². The van der Waals surface area contributed by atoms with Crippen LogP contribution in [0.25, 0.3) is 0 Å². The van der Waals surface area contributed by atoms with Crippen LogP contribution in [0.5, 0.6) is 5.75 Å². The van der Waals surface area contributed by atoms with Crippen LogP contribution in [0.3, 0.4) is 0 Å². The monoisotopic (exact) mass is 303 g/mol. The van der Waals surface area contributed by atoms with Gasteiger partial charge in [-0.05, 0) is 48.8 Å². The van der Waals surface area contributed by atoms with Crippen molar-refractivity contribution in [1.29, 1.82) is 0 Å².